The van der Waals surface area contributed by atoms with E-state index in [9.17, 15) is 4.79 Å². The summed E-state index contributed by atoms with van der Waals surface area (Å²) in [4.78, 5) is 28.4. The summed E-state index contributed by atoms with van der Waals surface area (Å²) in [6.45, 7) is 2.80. The zero-order chi connectivity index (χ0) is 17.0. The van der Waals surface area contributed by atoms with Gasteiger partial charge in [-0.2, -0.15) is 0 Å². The monoisotopic (exact) mass is 351 g/mol. The lowest BCUT2D eigenvalue weighted by molar-refractivity contribution is 0.0725. The summed E-state index contributed by atoms with van der Waals surface area (Å²) in [7, 11) is 0. The molecule has 0 bridgehead atoms. The van der Waals surface area contributed by atoms with Gasteiger partial charge in [-0.15, -0.1) is 11.3 Å². The summed E-state index contributed by atoms with van der Waals surface area (Å²) in [5.41, 5.74) is 3.66. The zero-order valence-corrected chi connectivity index (χ0v) is 14.6. The number of carbonyl (C=O) groups excluding carboxylic acids is 1. The van der Waals surface area contributed by atoms with Crippen LogP contribution in [0.15, 0.2) is 36.0 Å². The third-order valence-electron chi connectivity index (χ3n) is 4.87. The molecule has 126 valence electrons. The number of hydrogen-bond donors (Lipinski definition) is 1. The van der Waals surface area contributed by atoms with Gasteiger partial charge in [0.05, 0.1) is 17.1 Å². The van der Waals surface area contributed by atoms with Crippen LogP contribution in [0.2, 0.25) is 0 Å². The van der Waals surface area contributed by atoms with Crippen LogP contribution in [0.5, 0.6) is 0 Å². The third-order valence-corrected chi connectivity index (χ3v) is 5.65. The molecule has 0 saturated carbocycles. The van der Waals surface area contributed by atoms with Crippen LogP contribution >= 0.6 is 11.3 Å². The van der Waals surface area contributed by atoms with Crippen LogP contribution in [0.1, 0.15) is 40.8 Å². The molecule has 4 aromatic rings. The molecule has 0 spiro atoms. The van der Waals surface area contributed by atoms with Gasteiger partial charge in [0.15, 0.2) is 4.96 Å². The van der Waals surface area contributed by atoms with Crippen LogP contribution in [0.25, 0.3) is 16.0 Å². The Balaban J connectivity index is 1.51. The number of aryl methyl sites for hydroxylation is 1. The number of carbonyl (C=O) groups is 1. The SMILES string of the molecule is Cc1cccc2[nH]c([C@@H]3CCCN3C(=O)c3cn4ccsc4n3)nc12. The number of H-pyrrole nitrogens is 1. The van der Waals surface area contributed by atoms with Gasteiger partial charge in [-0.3, -0.25) is 9.20 Å². The number of aromatic amines is 1. The summed E-state index contributed by atoms with van der Waals surface area (Å²) >= 11 is 1.53. The number of likely N-dealkylation sites (tertiary alicyclic amines) is 1. The van der Waals surface area contributed by atoms with Gasteiger partial charge in [0.25, 0.3) is 5.91 Å². The molecule has 1 N–H and O–H groups in total. The molecule has 1 atom stereocenters. The smallest absolute Gasteiger partial charge is 0.274 e. The second-order valence-corrected chi connectivity index (χ2v) is 7.34. The van der Waals surface area contributed by atoms with Crippen molar-refractivity contribution in [2.75, 3.05) is 6.54 Å². The second kappa shape index (κ2) is 5.42. The number of amides is 1. The lowest BCUT2D eigenvalue weighted by Crippen LogP contribution is -2.31. The lowest BCUT2D eigenvalue weighted by Gasteiger charge is -2.22. The Hall–Kier alpha value is -2.67. The molecule has 1 saturated heterocycles. The van der Waals surface area contributed by atoms with Crippen molar-refractivity contribution in [3.63, 3.8) is 0 Å². The van der Waals surface area contributed by atoms with Gasteiger partial charge in [-0.25, -0.2) is 9.97 Å². The van der Waals surface area contributed by atoms with Crippen molar-refractivity contribution in [1.82, 2.24) is 24.3 Å². The maximum absolute atomic E-state index is 13.0. The number of imidazole rings is 2. The summed E-state index contributed by atoms with van der Waals surface area (Å²) in [5, 5.41) is 1.96. The second-order valence-electron chi connectivity index (χ2n) is 6.47. The van der Waals surface area contributed by atoms with Crippen LogP contribution in [0, 0.1) is 6.92 Å². The quantitative estimate of drug-likeness (QED) is 0.600. The minimum atomic E-state index is -0.0180. The molecular formula is C18H17N5OS. The van der Waals surface area contributed by atoms with Gasteiger partial charge in [-0.05, 0) is 31.4 Å². The number of hydrogen-bond acceptors (Lipinski definition) is 4. The van der Waals surface area contributed by atoms with Gasteiger partial charge in [-0.1, -0.05) is 12.1 Å². The minimum absolute atomic E-state index is 0.0148. The number of fused-ring (bicyclic) bond motifs is 2. The van der Waals surface area contributed by atoms with Crippen molar-refractivity contribution >= 4 is 33.2 Å². The molecule has 0 aliphatic carbocycles. The van der Waals surface area contributed by atoms with Crippen molar-refractivity contribution in [2.24, 2.45) is 0 Å². The molecule has 1 aliphatic heterocycles. The number of aromatic nitrogens is 4. The highest BCUT2D eigenvalue weighted by molar-refractivity contribution is 7.15. The lowest BCUT2D eigenvalue weighted by atomic mass is 10.2. The van der Waals surface area contributed by atoms with E-state index in [4.69, 9.17) is 4.98 Å². The Morgan fingerprint density at radius 3 is 3.12 bits per heavy atom. The standard InChI is InChI=1S/C18H17N5OS/c1-11-4-2-5-12-15(11)21-16(19-12)14-6-3-7-23(14)17(24)13-10-22-8-9-25-18(22)20-13/h2,4-5,8-10,14H,3,6-7H2,1H3,(H,19,21)/t14-/m0/s1. The maximum Gasteiger partial charge on any atom is 0.274 e. The molecule has 1 aromatic carbocycles. The van der Waals surface area contributed by atoms with Gasteiger partial charge >= 0.3 is 0 Å². The molecule has 1 aliphatic rings. The fourth-order valence-corrected chi connectivity index (χ4v) is 4.32. The van der Waals surface area contributed by atoms with Crippen LogP contribution in [-0.2, 0) is 0 Å². The molecule has 5 rings (SSSR count). The van der Waals surface area contributed by atoms with E-state index in [2.05, 4.69) is 23.0 Å². The first-order valence-corrected chi connectivity index (χ1v) is 9.27. The normalized spacial score (nSPS) is 17.8. The molecule has 3 aromatic heterocycles. The molecule has 6 nitrogen and oxygen atoms in total. The Morgan fingerprint density at radius 2 is 2.28 bits per heavy atom. The van der Waals surface area contributed by atoms with Gasteiger partial charge in [0, 0.05) is 24.3 Å². The highest BCUT2D eigenvalue weighted by Crippen LogP contribution is 2.33. The molecule has 0 radical (unpaired) electrons. The number of nitrogens with zero attached hydrogens (tertiary/aromatic N) is 4. The van der Waals surface area contributed by atoms with Crippen LogP contribution in [0.4, 0.5) is 0 Å². The molecule has 4 heterocycles. The predicted octanol–water partition coefficient (Wildman–Crippen LogP) is 3.56. The fourth-order valence-electron chi connectivity index (χ4n) is 3.62. The number of rotatable bonds is 2. The van der Waals surface area contributed by atoms with Gasteiger partial charge in [0.1, 0.15) is 11.5 Å². The van der Waals surface area contributed by atoms with E-state index in [1.165, 1.54) is 11.3 Å². The van der Waals surface area contributed by atoms with Crippen molar-refractivity contribution < 1.29 is 4.79 Å². The van der Waals surface area contributed by atoms with E-state index in [0.717, 1.165) is 46.8 Å². The molecule has 1 fully saturated rings. The Morgan fingerprint density at radius 1 is 1.36 bits per heavy atom. The summed E-state index contributed by atoms with van der Waals surface area (Å²) < 4.78 is 1.90. The molecule has 7 heteroatoms. The van der Waals surface area contributed by atoms with Crippen LogP contribution in [0.3, 0.4) is 0 Å². The van der Waals surface area contributed by atoms with Crippen molar-refractivity contribution in [2.45, 2.75) is 25.8 Å². The fraction of sp³-hybridized carbons (Fsp3) is 0.278. The zero-order valence-electron chi connectivity index (χ0n) is 13.8. The number of para-hydroxylation sites is 1. The Bertz CT molecular complexity index is 1060. The number of benzene rings is 1. The first kappa shape index (κ1) is 14.7. The van der Waals surface area contributed by atoms with E-state index in [1.807, 2.05) is 39.2 Å². The highest BCUT2D eigenvalue weighted by Gasteiger charge is 2.33. The average Bonchev–Trinajstić information content (AvgIpc) is 3.35. The average molecular weight is 351 g/mol. The maximum atomic E-state index is 13.0. The third kappa shape index (κ3) is 2.26. The van der Waals surface area contributed by atoms with E-state index < -0.39 is 0 Å². The van der Waals surface area contributed by atoms with E-state index in [0.29, 0.717) is 5.69 Å². The Kier molecular flexibility index (Phi) is 3.18. The first-order chi connectivity index (χ1) is 12.2. The number of thiazole rings is 1. The van der Waals surface area contributed by atoms with Gasteiger partial charge in [0.2, 0.25) is 0 Å². The molecule has 25 heavy (non-hydrogen) atoms. The first-order valence-electron chi connectivity index (χ1n) is 8.39. The van der Waals surface area contributed by atoms with Crippen molar-refractivity contribution in [3.8, 4) is 0 Å². The molecule has 1 amide bonds. The van der Waals surface area contributed by atoms with E-state index in [1.54, 1.807) is 0 Å². The summed E-state index contributed by atoms with van der Waals surface area (Å²) in [6.07, 6.45) is 5.64. The molecular weight excluding hydrogens is 334 g/mol. The van der Waals surface area contributed by atoms with E-state index in [-0.39, 0.29) is 11.9 Å². The van der Waals surface area contributed by atoms with Crippen molar-refractivity contribution in [1.29, 1.82) is 0 Å². The van der Waals surface area contributed by atoms with Crippen LogP contribution < -0.4 is 0 Å². The molecule has 0 unspecified atom stereocenters. The van der Waals surface area contributed by atoms with Crippen LogP contribution in [-0.4, -0.2) is 36.7 Å². The highest BCUT2D eigenvalue weighted by atomic mass is 32.1. The number of nitrogens with one attached hydrogen (secondary N) is 1. The van der Waals surface area contributed by atoms with Gasteiger partial charge < -0.3 is 9.88 Å². The van der Waals surface area contributed by atoms with E-state index >= 15 is 0 Å². The largest absolute Gasteiger partial charge is 0.340 e. The topological polar surface area (TPSA) is 66.3 Å². The summed E-state index contributed by atoms with van der Waals surface area (Å²) in [6, 6.07) is 6.10. The summed E-state index contributed by atoms with van der Waals surface area (Å²) in [5.74, 6) is 0.853. The Labute approximate surface area is 148 Å². The minimum Gasteiger partial charge on any atom is -0.340 e. The van der Waals surface area contributed by atoms with Crippen molar-refractivity contribution in [3.05, 3.63) is 53.1 Å². The predicted molar refractivity (Wildman–Crippen MR) is 96.9 cm³/mol.